The SMILES string of the molecule is Cc1cc(C(=O)N2CCN3C(=O)OCC3C2)c2c(C)nn(C)c2n1. The van der Waals surface area contributed by atoms with Crippen LogP contribution in [-0.2, 0) is 11.8 Å². The zero-order valence-electron chi connectivity index (χ0n) is 13.9. The first-order valence-corrected chi connectivity index (χ1v) is 7.99. The maximum absolute atomic E-state index is 13.1. The number of piperazine rings is 1. The molecule has 0 bridgehead atoms. The number of rotatable bonds is 1. The number of cyclic esters (lactones) is 1. The van der Waals surface area contributed by atoms with Crippen molar-refractivity contribution in [3.8, 4) is 0 Å². The summed E-state index contributed by atoms with van der Waals surface area (Å²) >= 11 is 0. The third-order valence-electron chi connectivity index (χ3n) is 4.73. The molecule has 0 aromatic carbocycles. The average molecular weight is 329 g/mol. The van der Waals surface area contributed by atoms with E-state index in [1.807, 2.05) is 27.0 Å². The summed E-state index contributed by atoms with van der Waals surface area (Å²) in [5, 5.41) is 5.19. The lowest BCUT2D eigenvalue weighted by Gasteiger charge is -2.35. The minimum absolute atomic E-state index is 0.0411. The van der Waals surface area contributed by atoms with Crippen LogP contribution in [0, 0.1) is 13.8 Å². The highest BCUT2D eigenvalue weighted by Gasteiger charge is 2.39. The number of aromatic nitrogens is 3. The molecule has 2 aliphatic rings. The highest BCUT2D eigenvalue weighted by Crippen LogP contribution is 2.25. The summed E-state index contributed by atoms with van der Waals surface area (Å²) in [5.41, 5.74) is 2.92. The van der Waals surface area contributed by atoms with Gasteiger partial charge in [0.25, 0.3) is 5.91 Å². The standard InChI is InChI=1S/C16H19N5O3/c1-9-6-12(13-10(2)18-19(3)14(13)17-9)15(22)20-4-5-21-11(7-20)8-24-16(21)23/h6,11H,4-5,7-8H2,1-3H3. The molecule has 2 saturated heterocycles. The van der Waals surface area contributed by atoms with Gasteiger partial charge in [-0.15, -0.1) is 0 Å². The van der Waals surface area contributed by atoms with Crippen molar-refractivity contribution < 1.29 is 14.3 Å². The number of pyridine rings is 1. The number of carbonyl (C=O) groups excluding carboxylic acids is 2. The Kier molecular flexibility index (Phi) is 3.22. The Bertz CT molecular complexity index is 859. The largest absolute Gasteiger partial charge is 0.447 e. The van der Waals surface area contributed by atoms with Crippen molar-refractivity contribution in [2.75, 3.05) is 26.2 Å². The molecule has 126 valence electrons. The second-order valence-corrected chi connectivity index (χ2v) is 6.39. The number of amides is 2. The Morgan fingerprint density at radius 1 is 1.33 bits per heavy atom. The number of aryl methyl sites for hydroxylation is 3. The van der Waals surface area contributed by atoms with Gasteiger partial charge < -0.3 is 9.64 Å². The minimum atomic E-state index is -0.280. The molecule has 8 nitrogen and oxygen atoms in total. The number of ether oxygens (including phenoxy) is 1. The quantitative estimate of drug-likeness (QED) is 0.775. The zero-order valence-corrected chi connectivity index (χ0v) is 13.9. The fraction of sp³-hybridized carbons (Fsp3) is 0.500. The van der Waals surface area contributed by atoms with Crippen molar-refractivity contribution in [1.82, 2.24) is 24.6 Å². The highest BCUT2D eigenvalue weighted by atomic mass is 16.6. The van der Waals surface area contributed by atoms with Crippen LogP contribution < -0.4 is 0 Å². The third-order valence-corrected chi connectivity index (χ3v) is 4.73. The lowest BCUT2D eigenvalue weighted by atomic mass is 10.1. The second-order valence-electron chi connectivity index (χ2n) is 6.39. The highest BCUT2D eigenvalue weighted by molar-refractivity contribution is 6.06. The number of nitrogens with zero attached hydrogens (tertiary/aromatic N) is 5. The van der Waals surface area contributed by atoms with Gasteiger partial charge >= 0.3 is 6.09 Å². The maximum atomic E-state index is 13.1. The number of hydrogen-bond acceptors (Lipinski definition) is 5. The van der Waals surface area contributed by atoms with E-state index in [9.17, 15) is 9.59 Å². The molecule has 2 aliphatic heterocycles. The average Bonchev–Trinajstić information content (AvgIpc) is 3.06. The van der Waals surface area contributed by atoms with Crippen molar-refractivity contribution >= 4 is 23.0 Å². The molecule has 0 aliphatic carbocycles. The molecule has 4 heterocycles. The van der Waals surface area contributed by atoms with Crippen LogP contribution in [0.25, 0.3) is 11.0 Å². The van der Waals surface area contributed by atoms with Gasteiger partial charge in [0.2, 0.25) is 0 Å². The topological polar surface area (TPSA) is 80.6 Å². The van der Waals surface area contributed by atoms with E-state index in [0.717, 1.165) is 16.8 Å². The first kappa shape index (κ1) is 14.9. The Morgan fingerprint density at radius 2 is 2.12 bits per heavy atom. The van der Waals surface area contributed by atoms with Crippen LogP contribution in [0.5, 0.6) is 0 Å². The van der Waals surface area contributed by atoms with Gasteiger partial charge in [-0.1, -0.05) is 0 Å². The second kappa shape index (κ2) is 5.19. The fourth-order valence-corrected chi connectivity index (χ4v) is 3.58. The van der Waals surface area contributed by atoms with Gasteiger partial charge in [-0.2, -0.15) is 5.10 Å². The molecule has 1 atom stereocenters. The van der Waals surface area contributed by atoms with Crippen LogP contribution in [0.15, 0.2) is 6.07 Å². The van der Waals surface area contributed by atoms with Gasteiger partial charge in [-0.25, -0.2) is 9.78 Å². The molecule has 0 saturated carbocycles. The predicted octanol–water partition coefficient (Wildman–Crippen LogP) is 0.862. The van der Waals surface area contributed by atoms with Crippen molar-refractivity contribution in [2.45, 2.75) is 19.9 Å². The van der Waals surface area contributed by atoms with E-state index in [0.29, 0.717) is 37.5 Å². The molecule has 0 radical (unpaired) electrons. The van der Waals surface area contributed by atoms with Crippen LogP contribution in [0.1, 0.15) is 21.7 Å². The molecule has 24 heavy (non-hydrogen) atoms. The van der Waals surface area contributed by atoms with Gasteiger partial charge in [-0.05, 0) is 19.9 Å². The normalized spacial score (nSPS) is 20.5. The maximum Gasteiger partial charge on any atom is 0.410 e. The smallest absolute Gasteiger partial charge is 0.410 e. The van der Waals surface area contributed by atoms with Gasteiger partial charge in [0.1, 0.15) is 6.61 Å². The summed E-state index contributed by atoms with van der Waals surface area (Å²) in [7, 11) is 1.83. The van der Waals surface area contributed by atoms with E-state index in [4.69, 9.17) is 4.74 Å². The van der Waals surface area contributed by atoms with Crippen LogP contribution in [0.4, 0.5) is 4.79 Å². The molecule has 2 aromatic rings. The van der Waals surface area contributed by atoms with Crippen LogP contribution in [0.2, 0.25) is 0 Å². The molecular formula is C16H19N5O3. The summed E-state index contributed by atoms with van der Waals surface area (Å²) in [6.07, 6.45) is -0.280. The molecule has 2 fully saturated rings. The molecule has 8 heteroatoms. The van der Waals surface area contributed by atoms with Crippen molar-refractivity contribution in [3.05, 3.63) is 23.0 Å². The monoisotopic (exact) mass is 329 g/mol. The Balaban J connectivity index is 1.70. The van der Waals surface area contributed by atoms with Crippen molar-refractivity contribution in [1.29, 1.82) is 0 Å². The molecule has 4 rings (SSSR count). The Morgan fingerprint density at radius 3 is 2.92 bits per heavy atom. The minimum Gasteiger partial charge on any atom is -0.447 e. The summed E-state index contributed by atoms with van der Waals surface area (Å²) in [5.74, 6) is -0.0411. The third kappa shape index (κ3) is 2.13. The summed E-state index contributed by atoms with van der Waals surface area (Å²) in [6.45, 7) is 5.62. The number of carbonyl (C=O) groups is 2. The van der Waals surface area contributed by atoms with E-state index in [2.05, 4.69) is 10.1 Å². The van der Waals surface area contributed by atoms with Crippen molar-refractivity contribution in [3.63, 3.8) is 0 Å². The Labute approximate surface area is 139 Å². The predicted molar refractivity (Wildman–Crippen MR) is 85.7 cm³/mol. The van der Waals surface area contributed by atoms with E-state index in [-0.39, 0.29) is 18.0 Å². The lowest BCUT2D eigenvalue weighted by Crippen LogP contribution is -2.53. The van der Waals surface area contributed by atoms with Gasteiger partial charge in [0, 0.05) is 32.4 Å². The van der Waals surface area contributed by atoms with Gasteiger partial charge in [0.05, 0.1) is 22.7 Å². The molecule has 0 N–H and O–H groups in total. The Hall–Kier alpha value is -2.64. The number of fused-ring (bicyclic) bond motifs is 2. The summed E-state index contributed by atoms with van der Waals surface area (Å²) < 4.78 is 6.78. The van der Waals surface area contributed by atoms with Gasteiger partial charge in [0.15, 0.2) is 5.65 Å². The van der Waals surface area contributed by atoms with Gasteiger partial charge in [-0.3, -0.25) is 14.4 Å². The fourth-order valence-electron chi connectivity index (χ4n) is 3.58. The number of hydrogen-bond donors (Lipinski definition) is 0. The van der Waals surface area contributed by atoms with Crippen LogP contribution in [0.3, 0.4) is 0 Å². The summed E-state index contributed by atoms with van der Waals surface area (Å²) in [6, 6.07) is 1.77. The molecule has 2 aromatic heterocycles. The summed E-state index contributed by atoms with van der Waals surface area (Å²) in [4.78, 5) is 32.7. The lowest BCUT2D eigenvalue weighted by molar-refractivity contribution is 0.0618. The first-order valence-electron chi connectivity index (χ1n) is 7.99. The molecular weight excluding hydrogens is 310 g/mol. The van der Waals surface area contributed by atoms with Crippen molar-refractivity contribution in [2.24, 2.45) is 7.05 Å². The van der Waals surface area contributed by atoms with E-state index < -0.39 is 0 Å². The molecule has 2 amide bonds. The zero-order chi connectivity index (χ0) is 17.0. The van der Waals surface area contributed by atoms with E-state index in [1.54, 1.807) is 14.5 Å². The molecule has 1 unspecified atom stereocenters. The van der Waals surface area contributed by atoms with E-state index >= 15 is 0 Å². The molecule has 0 spiro atoms. The van der Waals surface area contributed by atoms with Crippen LogP contribution in [-0.4, -0.2) is 68.8 Å². The first-order chi connectivity index (χ1) is 11.5. The van der Waals surface area contributed by atoms with E-state index in [1.165, 1.54) is 0 Å². The van der Waals surface area contributed by atoms with Crippen LogP contribution >= 0.6 is 0 Å².